The maximum absolute atomic E-state index is 14.3. The van der Waals surface area contributed by atoms with E-state index in [-0.39, 0.29) is 5.92 Å². The van der Waals surface area contributed by atoms with Gasteiger partial charge in [-0.25, -0.2) is 0 Å². The van der Waals surface area contributed by atoms with Gasteiger partial charge < -0.3 is 4.90 Å². The summed E-state index contributed by atoms with van der Waals surface area (Å²) in [6, 6.07) is 48.0. The second kappa shape index (κ2) is 19.0. The van der Waals surface area contributed by atoms with Gasteiger partial charge in [-0.3, -0.25) is 0 Å². The fourth-order valence-corrected chi connectivity index (χ4v) is 10.1. The van der Waals surface area contributed by atoms with Crippen molar-refractivity contribution < 1.29 is 30.9 Å². The third kappa shape index (κ3) is 9.65. The van der Waals surface area contributed by atoms with Gasteiger partial charge >= 0.3 is 12.4 Å². The van der Waals surface area contributed by atoms with Gasteiger partial charge in [-0.1, -0.05) is 165 Å². The minimum absolute atomic E-state index is 0.0318. The Hall–Kier alpha value is -6.67. The van der Waals surface area contributed by atoms with Crippen LogP contribution in [0.5, 0.6) is 0 Å². The highest BCUT2D eigenvalue weighted by Crippen LogP contribution is 2.53. The molecule has 0 saturated carbocycles. The first-order chi connectivity index (χ1) is 31.7. The lowest BCUT2D eigenvalue weighted by Crippen LogP contribution is -2.39. The molecule has 336 valence electrons. The highest BCUT2D eigenvalue weighted by Gasteiger charge is 2.52. The Labute approximate surface area is 384 Å². The van der Waals surface area contributed by atoms with Crippen molar-refractivity contribution in [1.82, 2.24) is 0 Å². The first-order valence-corrected chi connectivity index (χ1v) is 22.3. The number of likely N-dealkylation sites (N-methyl/N-ethyl adjacent to an activating group) is 1. The summed E-state index contributed by atoms with van der Waals surface area (Å²) in [6.07, 6.45) is 7.88. The monoisotopic (exact) mass is 891 g/mol. The molecule has 6 aromatic rings. The minimum atomic E-state index is -4.49. The van der Waals surface area contributed by atoms with E-state index in [4.69, 9.17) is 0 Å². The van der Waals surface area contributed by atoms with Crippen molar-refractivity contribution in [3.05, 3.63) is 250 Å². The average molecular weight is 892 g/mol. The Morgan fingerprint density at radius 3 is 1.47 bits per heavy atom. The van der Waals surface area contributed by atoms with Crippen LogP contribution in [0, 0.1) is 5.92 Å². The van der Waals surface area contributed by atoms with Gasteiger partial charge in [0, 0.05) is 41.6 Å². The molecule has 0 bridgehead atoms. The number of hydrogen-bond acceptors (Lipinski definition) is 1. The zero-order chi connectivity index (χ0) is 46.5. The summed E-state index contributed by atoms with van der Waals surface area (Å²) in [5, 5.41) is 0. The van der Waals surface area contributed by atoms with E-state index >= 15 is 0 Å². The summed E-state index contributed by atoms with van der Waals surface area (Å²) < 4.78 is 87.9. The fourth-order valence-electron chi connectivity index (χ4n) is 10.1. The Kier molecular flexibility index (Phi) is 13.2. The number of anilines is 1. The molecule has 8 rings (SSSR count). The summed E-state index contributed by atoms with van der Waals surface area (Å²) in [5.74, 6) is 0.0318. The summed E-state index contributed by atoms with van der Waals surface area (Å²) in [5.41, 5.74) is 5.93. The van der Waals surface area contributed by atoms with Crippen molar-refractivity contribution in [3.8, 4) is 0 Å². The molecule has 2 heterocycles. The van der Waals surface area contributed by atoms with E-state index in [1.165, 1.54) is 24.3 Å². The SMILES string of the molecule is CC(/C=C1/N(C)c2ccc(C(F)(F)F)cc2C1(Cc1ccccc1)Cc1ccccc1)C/C=C/C=C/C=C/C1=[N+](C)c2ccc(C(F)(F)F)cc2C1(Cc1ccccc1)Cc1ccccc1. The van der Waals surface area contributed by atoms with Crippen LogP contribution in [-0.2, 0) is 48.9 Å². The van der Waals surface area contributed by atoms with Crippen LogP contribution in [0.3, 0.4) is 0 Å². The lowest BCUT2D eigenvalue weighted by Gasteiger charge is -2.34. The van der Waals surface area contributed by atoms with Crippen LogP contribution < -0.4 is 4.90 Å². The number of benzene rings is 6. The molecule has 6 aromatic carbocycles. The molecule has 1 atom stereocenters. The molecular formula is C58H53F6N2+. The number of nitrogens with zero attached hydrogens (tertiary/aromatic N) is 2. The summed E-state index contributed by atoms with van der Waals surface area (Å²) in [4.78, 5) is 2.07. The molecule has 1 unspecified atom stereocenters. The minimum Gasteiger partial charge on any atom is -0.347 e. The van der Waals surface area contributed by atoms with Crippen LogP contribution in [0.1, 0.15) is 57.9 Å². The first-order valence-electron chi connectivity index (χ1n) is 22.3. The second-order valence-electron chi connectivity index (χ2n) is 17.7. The van der Waals surface area contributed by atoms with Crippen LogP contribution in [0.15, 0.2) is 206 Å². The smallest absolute Gasteiger partial charge is 0.347 e. The maximum Gasteiger partial charge on any atom is 0.416 e. The molecule has 0 radical (unpaired) electrons. The molecular weight excluding hydrogens is 839 g/mol. The Bertz CT molecular complexity index is 2700. The van der Waals surface area contributed by atoms with Crippen molar-refractivity contribution in [3.63, 3.8) is 0 Å². The third-order valence-corrected chi connectivity index (χ3v) is 13.2. The lowest BCUT2D eigenvalue weighted by molar-refractivity contribution is -0.401. The predicted octanol–water partition coefficient (Wildman–Crippen LogP) is 14.6. The summed E-state index contributed by atoms with van der Waals surface area (Å²) >= 11 is 0. The van der Waals surface area contributed by atoms with E-state index in [0.29, 0.717) is 43.2 Å². The number of rotatable bonds is 14. The highest BCUT2D eigenvalue weighted by molar-refractivity contribution is 6.04. The molecule has 0 N–H and O–H groups in total. The molecule has 2 nitrogen and oxygen atoms in total. The molecule has 2 aliphatic rings. The van der Waals surface area contributed by atoms with E-state index < -0.39 is 34.3 Å². The van der Waals surface area contributed by atoms with Gasteiger partial charge in [0.1, 0.15) is 7.05 Å². The Morgan fingerprint density at radius 1 is 0.545 bits per heavy atom. The van der Waals surface area contributed by atoms with E-state index in [2.05, 4.69) is 24.0 Å². The van der Waals surface area contributed by atoms with Gasteiger partial charge in [0.2, 0.25) is 5.69 Å². The number of hydrogen-bond donors (Lipinski definition) is 0. The fraction of sp³-hybridized carbons (Fsp3) is 0.224. The number of allylic oxidation sites excluding steroid dienone is 8. The van der Waals surface area contributed by atoms with Gasteiger partial charge in [0.15, 0.2) is 5.71 Å². The van der Waals surface area contributed by atoms with E-state index in [1.54, 1.807) is 12.1 Å². The zero-order valence-corrected chi connectivity index (χ0v) is 37.3. The van der Waals surface area contributed by atoms with Crippen LogP contribution >= 0.6 is 0 Å². The highest BCUT2D eigenvalue weighted by atomic mass is 19.4. The second-order valence-corrected chi connectivity index (χ2v) is 17.7. The van der Waals surface area contributed by atoms with Gasteiger partial charge in [0.25, 0.3) is 0 Å². The molecule has 0 saturated heterocycles. The maximum atomic E-state index is 14.3. The van der Waals surface area contributed by atoms with Gasteiger partial charge in [-0.05, 0) is 96.2 Å². The van der Waals surface area contributed by atoms with Crippen LogP contribution in [0.25, 0.3) is 0 Å². The first kappa shape index (κ1) is 45.9. The van der Waals surface area contributed by atoms with Crippen molar-refractivity contribution >= 4 is 17.1 Å². The van der Waals surface area contributed by atoms with E-state index in [0.717, 1.165) is 45.0 Å². The van der Waals surface area contributed by atoms with Crippen LogP contribution in [-0.4, -0.2) is 24.4 Å². The number of fused-ring (bicyclic) bond motifs is 2. The standard InChI is InChI=1S/C58H53F6N2/c1-42(35-54-56(40-45-26-16-9-17-27-45,41-46-28-18-10-19-29-46)50-37-48(58(62,63)64)32-34-52(50)66(54)3)21-11-5-4-6-20-30-53-55(38-43-22-12-7-13-23-43,39-44-24-14-8-15-25-44)49-36-47(57(59,60)61)31-33-51(49)65(53)2/h4-20,22-37,42H,21,38-41H2,1-3H3/q+1/b6-4+,11-5+,30-20+,54-35+. The summed E-state index contributed by atoms with van der Waals surface area (Å²) in [7, 11) is 3.88. The predicted molar refractivity (Wildman–Crippen MR) is 255 cm³/mol. The van der Waals surface area contributed by atoms with Crippen molar-refractivity contribution in [2.24, 2.45) is 5.92 Å². The lowest BCUT2D eigenvalue weighted by atomic mass is 9.68. The summed E-state index contributed by atoms with van der Waals surface area (Å²) in [6.45, 7) is 2.13. The zero-order valence-electron chi connectivity index (χ0n) is 37.3. The molecule has 8 heteroatoms. The average Bonchev–Trinajstić information content (AvgIpc) is 3.65. The van der Waals surface area contributed by atoms with E-state index in [1.807, 2.05) is 170 Å². The van der Waals surface area contributed by atoms with Gasteiger partial charge in [-0.2, -0.15) is 30.9 Å². The van der Waals surface area contributed by atoms with Crippen molar-refractivity contribution in [2.75, 3.05) is 19.0 Å². The Morgan fingerprint density at radius 2 is 0.985 bits per heavy atom. The van der Waals surface area contributed by atoms with E-state index in [9.17, 15) is 26.3 Å². The van der Waals surface area contributed by atoms with Crippen molar-refractivity contribution in [1.29, 1.82) is 0 Å². The molecule has 0 fully saturated rings. The van der Waals surface area contributed by atoms with Crippen molar-refractivity contribution in [2.45, 2.75) is 62.2 Å². The quantitative estimate of drug-likeness (QED) is 0.0600. The molecule has 0 aliphatic carbocycles. The molecule has 0 amide bonds. The van der Waals surface area contributed by atoms with Gasteiger partial charge in [0.05, 0.1) is 16.5 Å². The van der Waals surface area contributed by atoms with Gasteiger partial charge in [-0.15, -0.1) is 0 Å². The largest absolute Gasteiger partial charge is 0.416 e. The topological polar surface area (TPSA) is 6.25 Å². The molecule has 0 aromatic heterocycles. The van der Waals surface area contributed by atoms with Crippen LogP contribution in [0.2, 0.25) is 0 Å². The third-order valence-electron chi connectivity index (χ3n) is 13.2. The Balaban J connectivity index is 1.09. The molecule has 0 spiro atoms. The normalized spacial score (nSPS) is 16.8. The van der Waals surface area contributed by atoms with Crippen LogP contribution in [0.4, 0.5) is 37.7 Å². The molecule has 2 aliphatic heterocycles. The number of alkyl halides is 6. The number of halogens is 6. The molecule has 66 heavy (non-hydrogen) atoms.